The smallest absolute Gasteiger partial charge is 0.269 e. The van der Waals surface area contributed by atoms with E-state index in [4.69, 9.17) is 0 Å². The lowest BCUT2D eigenvalue weighted by molar-refractivity contribution is 0.0948. The first-order valence-corrected chi connectivity index (χ1v) is 5.96. The number of amides is 1. The van der Waals surface area contributed by atoms with Crippen LogP contribution in [0, 0.1) is 6.92 Å². The van der Waals surface area contributed by atoms with E-state index in [0.717, 1.165) is 24.4 Å². The van der Waals surface area contributed by atoms with E-state index in [-0.39, 0.29) is 5.91 Å². The predicted molar refractivity (Wildman–Crippen MR) is 68.2 cm³/mol. The van der Waals surface area contributed by atoms with Gasteiger partial charge in [-0.05, 0) is 25.5 Å². The van der Waals surface area contributed by atoms with Crippen LogP contribution in [0.15, 0.2) is 30.6 Å². The molecule has 0 aliphatic rings. The molecule has 0 atom stereocenters. The molecule has 0 saturated heterocycles. The predicted octanol–water partition coefficient (Wildman–Crippen LogP) is 1.48. The van der Waals surface area contributed by atoms with Gasteiger partial charge in [-0.3, -0.25) is 4.79 Å². The molecule has 0 fully saturated rings. The van der Waals surface area contributed by atoms with Gasteiger partial charge in [0.15, 0.2) is 0 Å². The molecule has 0 aliphatic heterocycles. The van der Waals surface area contributed by atoms with E-state index < -0.39 is 0 Å². The molecular formula is C13H16N4O. The zero-order valence-corrected chi connectivity index (χ0v) is 10.3. The molecule has 2 aromatic rings. The number of aryl methyl sites for hydroxylation is 2. The zero-order chi connectivity index (χ0) is 12.8. The van der Waals surface area contributed by atoms with Crippen LogP contribution in [-0.4, -0.2) is 27.4 Å². The summed E-state index contributed by atoms with van der Waals surface area (Å²) in [7, 11) is 0. The van der Waals surface area contributed by atoms with Crippen LogP contribution in [0.1, 0.15) is 28.4 Å². The van der Waals surface area contributed by atoms with E-state index in [1.54, 1.807) is 18.5 Å². The third kappa shape index (κ3) is 3.41. The van der Waals surface area contributed by atoms with Crippen LogP contribution in [0.4, 0.5) is 0 Å². The number of aromatic nitrogens is 3. The monoisotopic (exact) mass is 244 g/mol. The van der Waals surface area contributed by atoms with Crippen molar-refractivity contribution >= 4 is 5.91 Å². The molecule has 5 nitrogen and oxygen atoms in total. The summed E-state index contributed by atoms with van der Waals surface area (Å²) in [4.78, 5) is 23.1. The summed E-state index contributed by atoms with van der Waals surface area (Å²) in [6, 6.07) is 5.42. The number of carbonyl (C=O) groups is 1. The highest BCUT2D eigenvalue weighted by Crippen LogP contribution is 1.98. The minimum Gasteiger partial charge on any atom is -0.351 e. The molecule has 2 rings (SSSR count). The molecular weight excluding hydrogens is 228 g/mol. The summed E-state index contributed by atoms with van der Waals surface area (Å²) >= 11 is 0. The Bertz CT molecular complexity index is 507. The van der Waals surface area contributed by atoms with Crippen molar-refractivity contribution in [2.24, 2.45) is 0 Å². The molecule has 0 aromatic carbocycles. The van der Waals surface area contributed by atoms with Crippen molar-refractivity contribution in [1.29, 1.82) is 0 Å². The van der Waals surface area contributed by atoms with Crippen molar-refractivity contribution in [1.82, 2.24) is 20.3 Å². The normalized spacial score (nSPS) is 10.3. The second-order valence-electron chi connectivity index (χ2n) is 4.06. The number of carbonyl (C=O) groups excluding carboxylic acids is 1. The van der Waals surface area contributed by atoms with Gasteiger partial charge in [0.25, 0.3) is 5.91 Å². The molecule has 5 heteroatoms. The Morgan fingerprint density at radius 3 is 3.06 bits per heavy atom. The highest BCUT2D eigenvalue weighted by molar-refractivity contribution is 5.92. The van der Waals surface area contributed by atoms with Crippen molar-refractivity contribution < 1.29 is 4.79 Å². The maximum atomic E-state index is 11.8. The lowest BCUT2D eigenvalue weighted by Crippen LogP contribution is -2.25. The van der Waals surface area contributed by atoms with Crippen LogP contribution in [0.5, 0.6) is 0 Å². The number of rotatable bonds is 5. The molecule has 2 N–H and O–H groups in total. The summed E-state index contributed by atoms with van der Waals surface area (Å²) in [5.74, 6) is 0.816. The van der Waals surface area contributed by atoms with Crippen molar-refractivity contribution in [3.63, 3.8) is 0 Å². The first kappa shape index (κ1) is 12.3. The topological polar surface area (TPSA) is 70.7 Å². The van der Waals surface area contributed by atoms with Crippen molar-refractivity contribution in [2.75, 3.05) is 6.54 Å². The zero-order valence-electron chi connectivity index (χ0n) is 10.3. The first-order valence-electron chi connectivity index (χ1n) is 5.96. The maximum absolute atomic E-state index is 11.8. The second kappa shape index (κ2) is 5.95. The summed E-state index contributed by atoms with van der Waals surface area (Å²) in [6.07, 6.45) is 5.20. The fraction of sp³-hybridized carbons (Fsp3) is 0.308. The van der Waals surface area contributed by atoms with Crippen LogP contribution in [0.2, 0.25) is 0 Å². The van der Waals surface area contributed by atoms with Gasteiger partial charge in [-0.15, -0.1) is 0 Å². The number of hydrogen-bond donors (Lipinski definition) is 2. The van der Waals surface area contributed by atoms with Gasteiger partial charge >= 0.3 is 0 Å². The second-order valence-corrected chi connectivity index (χ2v) is 4.06. The molecule has 2 heterocycles. The summed E-state index contributed by atoms with van der Waals surface area (Å²) < 4.78 is 0. The van der Waals surface area contributed by atoms with Crippen molar-refractivity contribution in [3.8, 4) is 0 Å². The quantitative estimate of drug-likeness (QED) is 0.782. The number of pyridine rings is 1. The molecule has 0 aliphatic carbocycles. The maximum Gasteiger partial charge on any atom is 0.269 e. The van der Waals surface area contributed by atoms with Gasteiger partial charge < -0.3 is 10.3 Å². The van der Waals surface area contributed by atoms with Crippen molar-refractivity contribution in [2.45, 2.75) is 19.8 Å². The van der Waals surface area contributed by atoms with Crippen LogP contribution in [0.3, 0.4) is 0 Å². The van der Waals surface area contributed by atoms with Gasteiger partial charge in [-0.25, -0.2) is 9.97 Å². The first-order chi connectivity index (χ1) is 8.75. The largest absolute Gasteiger partial charge is 0.351 e. The number of nitrogens with one attached hydrogen (secondary N) is 2. The van der Waals surface area contributed by atoms with Gasteiger partial charge in [0.2, 0.25) is 0 Å². The van der Waals surface area contributed by atoms with Crippen LogP contribution in [0.25, 0.3) is 0 Å². The highest BCUT2D eigenvalue weighted by Gasteiger charge is 2.05. The van der Waals surface area contributed by atoms with E-state index >= 15 is 0 Å². The minimum atomic E-state index is -0.127. The Balaban J connectivity index is 1.75. The van der Waals surface area contributed by atoms with Crippen LogP contribution in [-0.2, 0) is 6.42 Å². The number of H-pyrrole nitrogens is 1. The number of imidazole rings is 1. The average Bonchev–Trinajstić information content (AvgIpc) is 2.87. The third-order valence-corrected chi connectivity index (χ3v) is 2.55. The van der Waals surface area contributed by atoms with Crippen LogP contribution < -0.4 is 5.32 Å². The molecule has 0 radical (unpaired) electrons. The van der Waals surface area contributed by atoms with E-state index in [0.29, 0.717) is 12.2 Å². The average molecular weight is 244 g/mol. The highest BCUT2D eigenvalue weighted by atomic mass is 16.1. The Labute approximate surface area is 106 Å². The molecule has 0 spiro atoms. The Kier molecular flexibility index (Phi) is 4.06. The number of aromatic amines is 1. The Morgan fingerprint density at radius 1 is 1.44 bits per heavy atom. The minimum absolute atomic E-state index is 0.127. The third-order valence-electron chi connectivity index (χ3n) is 2.55. The fourth-order valence-electron chi connectivity index (χ4n) is 1.65. The molecule has 18 heavy (non-hydrogen) atoms. The molecule has 2 aromatic heterocycles. The molecule has 94 valence electrons. The SMILES string of the molecule is Cc1cccc(C(=O)NCCCc2ncc[nH]2)n1. The number of hydrogen-bond acceptors (Lipinski definition) is 3. The van der Waals surface area contributed by atoms with E-state index in [2.05, 4.69) is 20.3 Å². The molecule has 0 unspecified atom stereocenters. The van der Waals surface area contributed by atoms with Crippen LogP contribution >= 0.6 is 0 Å². The van der Waals surface area contributed by atoms with E-state index in [1.165, 1.54) is 0 Å². The summed E-state index contributed by atoms with van der Waals surface area (Å²) in [5.41, 5.74) is 1.31. The standard InChI is InChI=1S/C13H16N4O/c1-10-4-2-5-11(17-10)13(18)16-7-3-6-12-14-8-9-15-12/h2,4-5,8-9H,3,6-7H2,1H3,(H,14,15)(H,16,18). The summed E-state index contributed by atoms with van der Waals surface area (Å²) in [6.45, 7) is 2.49. The number of nitrogens with zero attached hydrogens (tertiary/aromatic N) is 2. The van der Waals surface area contributed by atoms with E-state index in [1.807, 2.05) is 19.1 Å². The van der Waals surface area contributed by atoms with Crippen molar-refractivity contribution in [3.05, 3.63) is 47.8 Å². The van der Waals surface area contributed by atoms with Gasteiger partial charge in [0.1, 0.15) is 11.5 Å². The Morgan fingerprint density at radius 2 is 2.33 bits per heavy atom. The molecule has 0 saturated carbocycles. The summed E-state index contributed by atoms with van der Waals surface area (Å²) in [5, 5.41) is 2.85. The van der Waals surface area contributed by atoms with Gasteiger partial charge in [0, 0.05) is 31.1 Å². The van der Waals surface area contributed by atoms with Gasteiger partial charge in [0.05, 0.1) is 0 Å². The molecule has 1 amide bonds. The van der Waals surface area contributed by atoms with E-state index in [9.17, 15) is 4.79 Å². The fourth-order valence-corrected chi connectivity index (χ4v) is 1.65. The lowest BCUT2D eigenvalue weighted by atomic mass is 10.2. The Hall–Kier alpha value is -2.17. The lowest BCUT2D eigenvalue weighted by Gasteiger charge is -2.04. The van der Waals surface area contributed by atoms with Gasteiger partial charge in [-0.1, -0.05) is 6.07 Å². The van der Waals surface area contributed by atoms with Gasteiger partial charge in [-0.2, -0.15) is 0 Å². The molecule has 0 bridgehead atoms.